The second-order valence-corrected chi connectivity index (χ2v) is 19.5. The number of phenolic OH excluding ortho intramolecular Hbond substituents is 1. The maximum absolute atomic E-state index is 14.4. The van der Waals surface area contributed by atoms with Crippen LogP contribution in [0.1, 0.15) is 119 Å². The predicted octanol–water partition coefficient (Wildman–Crippen LogP) is 11.2. The Balaban J connectivity index is 0.000000171. The zero-order chi connectivity index (χ0) is 51.6. The molecule has 0 radical (unpaired) electrons. The molecule has 4 aliphatic rings. The van der Waals surface area contributed by atoms with Crippen LogP contribution in [0.15, 0.2) is 146 Å². The number of fused-ring (bicyclic) bond motifs is 4. The van der Waals surface area contributed by atoms with Crippen molar-refractivity contribution in [3.8, 4) is 11.5 Å². The molecule has 0 aliphatic carbocycles. The van der Waals surface area contributed by atoms with Gasteiger partial charge in [0, 0.05) is 86.7 Å². The van der Waals surface area contributed by atoms with Gasteiger partial charge in [0.1, 0.15) is 28.8 Å². The van der Waals surface area contributed by atoms with Crippen molar-refractivity contribution in [3.63, 3.8) is 0 Å². The summed E-state index contributed by atoms with van der Waals surface area (Å²) in [6, 6.07) is 39.1. The number of carbonyl (C=O) groups is 4. The number of likely N-dealkylation sites (tertiary alicyclic amines) is 2. The summed E-state index contributed by atoms with van der Waals surface area (Å²) in [5.74, 6) is -1.28. The van der Waals surface area contributed by atoms with Gasteiger partial charge in [0.2, 0.25) is 0 Å². The van der Waals surface area contributed by atoms with Crippen LogP contribution in [0.4, 0.5) is 8.78 Å². The summed E-state index contributed by atoms with van der Waals surface area (Å²) in [4.78, 5) is 71.4. The minimum atomic E-state index is -0.519. The molecule has 6 aromatic carbocycles. The highest BCUT2D eigenvalue weighted by Crippen LogP contribution is 2.45. The monoisotopic (exact) mass is 1000 g/mol. The Morgan fingerprint density at radius 1 is 0.533 bits per heavy atom. The predicted molar refractivity (Wildman–Crippen MR) is 280 cm³/mol. The smallest absolute Gasteiger partial charge is 0.258 e. The van der Waals surface area contributed by atoms with Gasteiger partial charge >= 0.3 is 0 Å². The lowest BCUT2D eigenvalue weighted by Gasteiger charge is -2.28. The standard InChI is InChI=1S/C37H32FN3O3.C24H22FN3O3/c38-28-18-16-25(17-19-28)23-41-24-30-31(36(42)40-21-8-3-9-22-40)29-15-10-20-39-33(29)35(32(30)37(41)43)44-34(26-11-4-1-5-12-26)27-13-6-2-7-14-27;25-16-8-6-15(7-9-16)13-28-14-18-19(23(30)27-11-2-1-3-12-27)17-5-4-10-26-21(17)22(29)20(18)24(28)31/h1-2,4-7,10-20,34H,3,8-9,21-24H2;4-10,29H,1-3,11-14H2. The molecule has 75 heavy (non-hydrogen) atoms. The Morgan fingerprint density at radius 2 is 0.960 bits per heavy atom. The molecule has 2 fully saturated rings. The molecule has 2 saturated heterocycles. The lowest BCUT2D eigenvalue weighted by atomic mass is 9.94. The van der Waals surface area contributed by atoms with Crippen LogP contribution in [0.3, 0.4) is 0 Å². The summed E-state index contributed by atoms with van der Waals surface area (Å²) >= 11 is 0. The van der Waals surface area contributed by atoms with E-state index in [1.807, 2.05) is 82.6 Å². The Morgan fingerprint density at radius 3 is 1.44 bits per heavy atom. The summed E-state index contributed by atoms with van der Waals surface area (Å²) in [5.41, 5.74) is 6.86. The summed E-state index contributed by atoms with van der Waals surface area (Å²) in [7, 11) is 0. The number of phenols is 1. The van der Waals surface area contributed by atoms with E-state index in [9.17, 15) is 33.1 Å². The Kier molecular flexibility index (Phi) is 13.7. The van der Waals surface area contributed by atoms with Gasteiger partial charge in [-0.3, -0.25) is 29.1 Å². The third-order valence-corrected chi connectivity index (χ3v) is 14.7. The molecule has 0 saturated carbocycles. The van der Waals surface area contributed by atoms with Crippen molar-refractivity contribution in [1.29, 1.82) is 0 Å². The fraction of sp³-hybridized carbons (Fsp3) is 0.246. The third kappa shape index (κ3) is 9.64. The van der Waals surface area contributed by atoms with Gasteiger partial charge in [-0.1, -0.05) is 97.1 Å². The molecule has 0 unspecified atom stereocenters. The van der Waals surface area contributed by atoms with Gasteiger partial charge in [-0.25, -0.2) is 8.78 Å². The number of carbonyl (C=O) groups excluding carboxylic acids is 4. The molecule has 2 aromatic heterocycles. The van der Waals surface area contributed by atoms with Gasteiger partial charge in [-0.2, -0.15) is 0 Å². The zero-order valence-electron chi connectivity index (χ0n) is 41.3. The average molecular weight is 1010 g/mol. The molecule has 1 N–H and O–H groups in total. The number of hydrogen-bond acceptors (Lipinski definition) is 8. The first-order valence-corrected chi connectivity index (χ1v) is 25.6. The van der Waals surface area contributed by atoms with Crippen molar-refractivity contribution in [2.45, 2.75) is 70.8 Å². The van der Waals surface area contributed by atoms with Crippen molar-refractivity contribution < 1.29 is 37.8 Å². The fourth-order valence-electron chi connectivity index (χ4n) is 11.0. The minimum absolute atomic E-state index is 0.0791. The van der Waals surface area contributed by atoms with E-state index in [2.05, 4.69) is 4.98 Å². The summed E-state index contributed by atoms with van der Waals surface area (Å²) in [6.45, 7) is 3.72. The molecule has 12 nitrogen and oxygen atoms in total. The molecule has 12 rings (SSSR count). The lowest BCUT2D eigenvalue weighted by Crippen LogP contribution is -2.36. The molecular weight excluding hydrogens is 951 g/mol. The van der Waals surface area contributed by atoms with Crippen LogP contribution < -0.4 is 4.74 Å². The van der Waals surface area contributed by atoms with E-state index in [0.29, 0.717) is 76.0 Å². The maximum atomic E-state index is 14.4. The minimum Gasteiger partial charge on any atom is -0.505 e. The quantitative estimate of drug-likeness (QED) is 0.143. The van der Waals surface area contributed by atoms with E-state index in [-0.39, 0.29) is 78.3 Å². The van der Waals surface area contributed by atoms with Gasteiger partial charge in [0.15, 0.2) is 11.5 Å². The van der Waals surface area contributed by atoms with Crippen molar-refractivity contribution in [3.05, 3.63) is 213 Å². The molecular formula is C61H54F2N6O6. The SMILES string of the molecule is O=C1c2c(c(C(=O)N3CCCCC3)c3cccnc3c2O)CN1Cc1ccc(F)cc1.O=C1c2c(c(C(=O)N3CCCCC3)c3cccnc3c2OC(c2ccccc2)c2ccccc2)CN1Cc1ccc(F)cc1. The average Bonchev–Trinajstić information content (AvgIpc) is 3.97. The largest absolute Gasteiger partial charge is 0.505 e. The summed E-state index contributed by atoms with van der Waals surface area (Å²) in [5, 5.41) is 12.1. The molecule has 0 bridgehead atoms. The molecule has 4 amide bonds. The maximum Gasteiger partial charge on any atom is 0.258 e. The van der Waals surface area contributed by atoms with Gasteiger partial charge in [0.25, 0.3) is 23.6 Å². The molecule has 0 atom stereocenters. The van der Waals surface area contributed by atoms with E-state index in [1.165, 1.54) is 24.3 Å². The number of pyridine rings is 2. The number of amides is 4. The fourth-order valence-corrected chi connectivity index (χ4v) is 11.0. The second kappa shape index (κ2) is 21.1. The van der Waals surface area contributed by atoms with Gasteiger partial charge in [0.05, 0.1) is 22.3 Å². The Hall–Kier alpha value is -8.52. The number of aromatic nitrogens is 2. The summed E-state index contributed by atoms with van der Waals surface area (Å²) in [6.07, 6.45) is 8.72. The highest BCUT2D eigenvalue weighted by Gasteiger charge is 2.40. The lowest BCUT2D eigenvalue weighted by molar-refractivity contribution is 0.0716. The third-order valence-electron chi connectivity index (χ3n) is 14.7. The Labute approximate surface area is 432 Å². The molecule has 6 heterocycles. The van der Waals surface area contributed by atoms with Crippen LogP contribution in [0, 0.1) is 11.6 Å². The Bertz CT molecular complexity index is 3420. The van der Waals surface area contributed by atoms with E-state index in [4.69, 9.17) is 9.72 Å². The van der Waals surface area contributed by atoms with Crippen LogP contribution >= 0.6 is 0 Å². The molecule has 4 aliphatic heterocycles. The number of hydrogen-bond donors (Lipinski definition) is 1. The number of piperidine rings is 2. The van der Waals surface area contributed by atoms with E-state index < -0.39 is 6.10 Å². The number of ether oxygens (including phenoxy) is 1. The van der Waals surface area contributed by atoms with Gasteiger partial charge in [-0.05, 0) is 97.2 Å². The molecule has 378 valence electrons. The number of benzene rings is 6. The number of aromatic hydroxyl groups is 1. The van der Waals surface area contributed by atoms with Gasteiger partial charge in [-0.15, -0.1) is 0 Å². The molecule has 14 heteroatoms. The first-order valence-electron chi connectivity index (χ1n) is 25.6. The van der Waals surface area contributed by atoms with Crippen molar-refractivity contribution in [2.24, 2.45) is 0 Å². The number of halogens is 2. The van der Waals surface area contributed by atoms with Crippen LogP contribution in [-0.2, 0) is 26.2 Å². The number of rotatable bonds is 10. The van der Waals surface area contributed by atoms with Crippen molar-refractivity contribution in [2.75, 3.05) is 26.2 Å². The van der Waals surface area contributed by atoms with Crippen molar-refractivity contribution >= 4 is 45.4 Å². The van der Waals surface area contributed by atoms with Gasteiger partial charge < -0.3 is 29.4 Å². The number of nitrogens with zero attached hydrogens (tertiary/aromatic N) is 6. The second-order valence-electron chi connectivity index (χ2n) is 19.5. The first-order chi connectivity index (χ1) is 36.6. The first kappa shape index (κ1) is 48.7. The van der Waals surface area contributed by atoms with E-state index in [1.54, 1.807) is 58.6 Å². The van der Waals surface area contributed by atoms with Crippen LogP contribution in [0.5, 0.6) is 11.5 Å². The van der Waals surface area contributed by atoms with E-state index >= 15 is 0 Å². The van der Waals surface area contributed by atoms with Crippen molar-refractivity contribution in [1.82, 2.24) is 29.6 Å². The summed E-state index contributed by atoms with van der Waals surface area (Å²) < 4.78 is 33.9. The topological polar surface area (TPSA) is 136 Å². The van der Waals surface area contributed by atoms with E-state index in [0.717, 1.165) is 60.8 Å². The normalized spacial score (nSPS) is 15.3. The van der Waals surface area contributed by atoms with Crippen LogP contribution in [-0.4, -0.2) is 84.5 Å². The highest BCUT2D eigenvalue weighted by atomic mass is 19.1. The van der Waals surface area contributed by atoms with Crippen LogP contribution in [0.25, 0.3) is 21.8 Å². The molecule has 8 aromatic rings. The van der Waals surface area contributed by atoms with Crippen LogP contribution in [0.2, 0.25) is 0 Å². The molecule has 0 spiro atoms. The zero-order valence-corrected chi connectivity index (χ0v) is 41.3. The highest BCUT2D eigenvalue weighted by molar-refractivity contribution is 6.17.